The Kier molecular flexibility index (Phi) is 6.67. The zero-order chi connectivity index (χ0) is 13.7. The van der Waals surface area contributed by atoms with Gasteiger partial charge in [-0.3, -0.25) is 0 Å². The Morgan fingerprint density at radius 1 is 1.00 bits per heavy atom. The molecule has 17 heavy (non-hydrogen) atoms. The second-order valence-corrected chi connectivity index (χ2v) is 10.4. The van der Waals surface area contributed by atoms with Crippen molar-refractivity contribution in [2.24, 2.45) is 11.8 Å². The fourth-order valence-corrected chi connectivity index (χ4v) is 4.44. The normalized spacial score (nSPS) is 13.5. The maximum absolute atomic E-state index is 6.15. The Morgan fingerprint density at radius 3 is 1.53 bits per heavy atom. The minimum atomic E-state index is -2.33. The molecule has 0 radical (unpaired) electrons. The first-order valence-corrected chi connectivity index (χ1v) is 8.45. The Labute approximate surface area is 109 Å². The lowest BCUT2D eigenvalue weighted by atomic mass is 10.2. The molecule has 0 rings (SSSR count). The van der Waals surface area contributed by atoms with Gasteiger partial charge in [-0.15, -0.1) is 6.58 Å². The van der Waals surface area contributed by atoms with Gasteiger partial charge in [-0.25, -0.2) is 0 Å². The zero-order valence-corrected chi connectivity index (χ0v) is 13.7. The lowest BCUT2D eigenvalue weighted by Gasteiger charge is -2.39. The highest BCUT2D eigenvalue weighted by Gasteiger charge is 2.47. The first-order valence-electron chi connectivity index (χ1n) is 6.56. The van der Waals surface area contributed by atoms with E-state index in [4.69, 9.17) is 8.85 Å². The lowest BCUT2D eigenvalue weighted by molar-refractivity contribution is 0.130. The Hall–Kier alpha value is -0.123. The Bertz CT molecular complexity index is 217. The van der Waals surface area contributed by atoms with E-state index in [2.05, 4.69) is 55.0 Å². The van der Waals surface area contributed by atoms with Crippen molar-refractivity contribution >= 4 is 8.56 Å². The molecule has 0 N–H and O–H groups in total. The maximum Gasteiger partial charge on any atom is 0.370 e. The van der Waals surface area contributed by atoms with Crippen LogP contribution in [0.2, 0.25) is 5.04 Å². The van der Waals surface area contributed by atoms with Crippen molar-refractivity contribution in [3.8, 4) is 0 Å². The third-order valence-electron chi connectivity index (χ3n) is 2.58. The van der Waals surface area contributed by atoms with E-state index in [0.29, 0.717) is 11.8 Å². The summed E-state index contributed by atoms with van der Waals surface area (Å²) in [6.07, 6.45) is 0. The minimum absolute atomic E-state index is 0.0124. The first kappa shape index (κ1) is 16.9. The van der Waals surface area contributed by atoms with Crippen molar-refractivity contribution in [3.63, 3.8) is 0 Å². The van der Waals surface area contributed by atoms with Gasteiger partial charge >= 0.3 is 8.56 Å². The van der Waals surface area contributed by atoms with E-state index in [1.54, 1.807) is 0 Å². The van der Waals surface area contributed by atoms with E-state index in [0.717, 1.165) is 13.2 Å². The van der Waals surface area contributed by atoms with Crippen molar-refractivity contribution in [1.82, 2.24) is 0 Å². The maximum atomic E-state index is 6.15. The Morgan fingerprint density at radius 2 is 1.35 bits per heavy atom. The molecule has 0 aromatic carbocycles. The summed E-state index contributed by atoms with van der Waals surface area (Å²) < 4.78 is 12.3. The lowest BCUT2D eigenvalue weighted by Crippen LogP contribution is -2.50. The molecule has 0 aliphatic carbocycles. The van der Waals surface area contributed by atoms with Crippen molar-refractivity contribution in [3.05, 3.63) is 12.3 Å². The molecular weight excluding hydrogens is 228 g/mol. The van der Waals surface area contributed by atoms with Crippen molar-refractivity contribution in [1.29, 1.82) is 0 Å². The molecule has 0 heterocycles. The van der Waals surface area contributed by atoms with E-state index >= 15 is 0 Å². The van der Waals surface area contributed by atoms with E-state index < -0.39 is 8.56 Å². The average Bonchev–Trinajstić information content (AvgIpc) is 2.15. The van der Waals surface area contributed by atoms with Crippen molar-refractivity contribution in [2.45, 2.75) is 53.5 Å². The summed E-state index contributed by atoms with van der Waals surface area (Å²) in [5.74, 6) is 1.04. The smallest absolute Gasteiger partial charge is 0.370 e. The van der Waals surface area contributed by atoms with E-state index in [1.165, 1.54) is 0 Å². The molecule has 2 nitrogen and oxygen atoms in total. The van der Waals surface area contributed by atoms with Gasteiger partial charge in [0.1, 0.15) is 0 Å². The number of hydrogen-bond acceptors (Lipinski definition) is 2. The molecule has 0 aromatic rings. The van der Waals surface area contributed by atoms with Crippen LogP contribution in [0, 0.1) is 11.8 Å². The number of hydrogen-bond donors (Lipinski definition) is 0. The molecule has 3 heteroatoms. The van der Waals surface area contributed by atoms with Crippen LogP contribution in [0.3, 0.4) is 0 Å². The highest BCUT2D eigenvalue weighted by molar-refractivity contribution is 6.75. The van der Waals surface area contributed by atoms with Crippen molar-refractivity contribution in [2.75, 3.05) is 13.2 Å². The second kappa shape index (κ2) is 6.71. The monoisotopic (exact) mass is 258 g/mol. The molecule has 0 spiro atoms. The van der Waals surface area contributed by atoms with Gasteiger partial charge in [0, 0.05) is 18.3 Å². The van der Waals surface area contributed by atoms with Gasteiger partial charge in [-0.1, -0.05) is 48.5 Å². The molecule has 0 bridgehead atoms. The summed E-state index contributed by atoms with van der Waals surface area (Å²) in [7, 11) is -2.33. The molecule has 0 saturated heterocycles. The summed E-state index contributed by atoms with van der Waals surface area (Å²) >= 11 is 0. The molecule has 0 unspecified atom stereocenters. The van der Waals surface area contributed by atoms with E-state index in [-0.39, 0.29) is 5.04 Å². The van der Waals surface area contributed by atoms with Gasteiger partial charge in [-0.2, -0.15) is 0 Å². The summed E-state index contributed by atoms with van der Waals surface area (Å²) in [6, 6.07) is 0. The first-order chi connectivity index (χ1) is 7.64. The van der Waals surface area contributed by atoms with Crippen LogP contribution in [0.5, 0.6) is 0 Å². The van der Waals surface area contributed by atoms with Crippen LogP contribution in [0.4, 0.5) is 0 Å². The standard InChI is InChI=1S/C14H30O2Si/c1-9-17(14(6,7)8,15-10-12(2)3)16-11-13(4)5/h9,12-13H,1,10-11H2,2-8H3. The molecule has 0 fully saturated rings. The SMILES string of the molecule is C=C[Si](OCC(C)C)(OCC(C)C)C(C)(C)C. The second-order valence-electron chi connectivity index (χ2n) is 6.53. The highest BCUT2D eigenvalue weighted by atomic mass is 28.4. The van der Waals surface area contributed by atoms with Gasteiger partial charge in [0.15, 0.2) is 0 Å². The summed E-state index contributed by atoms with van der Waals surface area (Å²) in [6.45, 7) is 20.6. The number of rotatable bonds is 7. The summed E-state index contributed by atoms with van der Waals surface area (Å²) in [5, 5.41) is 0.0124. The largest absolute Gasteiger partial charge is 0.391 e. The molecule has 0 aliphatic heterocycles. The molecule has 0 aliphatic rings. The van der Waals surface area contributed by atoms with E-state index in [9.17, 15) is 0 Å². The quantitative estimate of drug-likeness (QED) is 0.634. The van der Waals surface area contributed by atoms with Crippen LogP contribution >= 0.6 is 0 Å². The topological polar surface area (TPSA) is 18.5 Å². The highest BCUT2D eigenvalue weighted by Crippen LogP contribution is 2.39. The minimum Gasteiger partial charge on any atom is -0.391 e. The van der Waals surface area contributed by atoms with Gasteiger partial charge < -0.3 is 8.85 Å². The molecule has 0 saturated carbocycles. The Balaban J connectivity index is 4.82. The van der Waals surface area contributed by atoms with Crippen molar-refractivity contribution < 1.29 is 8.85 Å². The van der Waals surface area contributed by atoms with Crippen LogP contribution in [-0.2, 0) is 8.85 Å². The van der Waals surface area contributed by atoms with Crippen LogP contribution in [-0.4, -0.2) is 21.8 Å². The fourth-order valence-electron chi connectivity index (χ4n) is 1.48. The summed E-state index contributed by atoms with van der Waals surface area (Å²) in [4.78, 5) is 0. The van der Waals surface area contributed by atoms with Crippen LogP contribution in [0.15, 0.2) is 12.3 Å². The van der Waals surface area contributed by atoms with Gasteiger partial charge in [-0.05, 0) is 17.5 Å². The summed E-state index contributed by atoms with van der Waals surface area (Å²) in [5.41, 5.74) is 1.94. The fraction of sp³-hybridized carbons (Fsp3) is 0.857. The van der Waals surface area contributed by atoms with Crippen LogP contribution in [0.1, 0.15) is 48.5 Å². The average molecular weight is 258 g/mol. The predicted molar refractivity (Wildman–Crippen MR) is 77.2 cm³/mol. The molecule has 0 aromatic heterocycles. The molecule has 102 valence electrons. The van der Waals surface area contributed by atoms with Gasteiger partial charge in [0.25, 0.3) is 0 Å². The molecule has 0 atom stereocenters. The predicted octanol–water partition coefficient (Wildman–Crippen LogP) is 4.30. The molecular formula is C14H30O2Si. The third kappa shape index (κ3) is 5.36. The van der Waals surface area contributed by atoms with Crippen LogP contribution < -0.4 is 0 Å². The van der Waals surface area contributed by atoms with Gasteiger partial charge in [0.05, 0.1) is 0 Å². The van der Waals surface area contributed by atoms with Crippen LogP contribution in [0.25, 0.3) is 0 Å². The zero-order valence-electron chi connectivity index (χ0n) is 12.7. The third-order valence-corrected chi connectivity index (χ3v) is 6.40. The molecule has 0 amide bonds. The van der Waals surface area contributed by atoms with Gasteiger partial charge in [0.2, 0.25) is 0 Å². The van der Waals surface area contributed by atoms with E-state index in [1.807, 2.05) is 5.70 Å².